The van der Waals surface area contributed by atoms with Crippen LogP contribution in [0.4, 0.5) is 14.5 Å². The molecule has 1 aliphatic heterocycles. The van der Waals surface area contributed by atoms with Crippen LogP contribution in [-0.2, 0) is 4.79 Å². The summed E-state index contributed by atoms with van der Waals surface area (Å²) in [5, 5.41) is 20.2. The van der Waals surface area contributed by atoms with Gasteiger partial charge in [0, 0.05) is 19.2 Å². The molecule has 1 heterocycles. The first-order chi connectivity index (χ1) is 12.6. The summed E-state index contributed by atoms with van der Waals surface area (Å²) in [5.41, 5.74) is -0.426. The Morgan fingerprint density at radius 1 is 1.22 bits per heavy atom. The summed E-state index contributed by atoms with van der Waals surface area (Å²) in [7, 11) is 0. The molecule has 148 valence electrons. The van der Waals surface area contributed by atoms with Crippen molar-refractivity contribution in [2.45, 2.75) is 63.1 Å². The number of benzene rings is 1. The standard InChI is InChI=1S/C21H27F2NO3/c1-3-8-21(27)11-9-20(10-12-21)13-14-24(18(20)26)16-6-4-15(5-7-16)17(25)19(2,22)23/h3-7,17,25,27H,1,8-14H2,2H3/t17?,20-,21-. The van der Waals surface area contributed by atoms with Gasteiger partial charge in [-0.3, -0.25) is 4.79 Å². The molecule has 1 saturated heterocycles. The van der Waals surface area contributed by atoms with Crippen molar-refractivity contribution in [3.63, 3.8) is 0 Å². The summed E-state index contributed by atoms with van der Waals surface area (Å²) in [4.78, 5) is 14.8. The number of halogens is 2. The summed E-state index contributed by atoms with van der Waals surface area (Å²) in [6.45, 7) is 4.94. The Labute approximate surface area is 158 Å². The van der Waals surface area contributed by atoms with Crippen molar-refractivity contribution in [2.24, 2.45) is 5.41 Å². The number of rotatable bonds is 5. The molecule has 1 unspecified atom stereocenters. The number of aliphatic hydroxyl groups excluding tert-OH is 1. The van der Waals surface area contributed by atoms with Crippen LogP contribution in [0.3, 0.4) is 0 Å². The van der Waals surface area contributed by atoms with Crippen molar-refractivity contribution in [1.82, 2.24) is 0 Å². The van der Waals surface area contributed by atoms with E-state index in [9.17, 15) is 23.8 Å². The largest absolute Gasteiger partial charge is 0.390 e. The van der Waals surface area contributed by atoms with Gasteiger partial charge in [0.1, 0.15) is 6.10 Å². The monoisotopic (exact) mass is 379 g/mol. The molecule has 2 N–H and O–H groups in total. The summed E-state index contributed by atoms with van der Waals surface area (Å²) < 4.78 is 26.6. The van der Waals surface area contributed by atoms with Crippen LogP contribution in [0.1, 0.15) is 57.1 Å². The fourth-order valence-corrected chi connectivity index (χ4v) is 4.33. The van der Waals surface area contributed by atoms with Crippen LogP contribution in [0.15, 0.2) is 36.9 Å². The van der Waals surface area contributed by atoms with Gasteiger partial charge in [-0.05, 0) is 56.2 Å². The van der Waals surface area contributed by atoms with Gasteiger partial charge >= 0.3 is 0 Å². The maximum Gasteiger partial charge on any atom is 0.274 e. The molecule has 2 aliphatic rings. The SMILES string of the molecule is C=CC[C@]1(O)CC[C@@]2(CCN(c3ccc(C(O)C(C)(F)F)cc3)C2=O)CC1. The second-order valence-electron chi connectivity index (χ2n) is 8.15. The van der Waals surface area contributed by atoms with E-state index in [0.717, 1.165) is 6.42 Å². The van der Waals surface area contributed by atoms with Crippen molar-refractivity contribution >= 4 is 11.6 Å². The molecule has 1 atom stereocenters. The third-order valence-electron chi connectivity index (χ3n) is 6.18. The molecule has 1 amide bonds. The van der Waals surface area contributed by atoms with E-state index in [1.54, 1.807) is 23.1 Å². The Morgan fingerprint density at radius 2 is 1.81 bits per heavy atom. The normalized spacial score (nSPS) is 30.0. The lowest BCUT2D eigenvalue weighted by atomic mass is 9.67. The molecule has 2 fully saturated rings. The molecule has 0 radical (unpaired) electrons. The van der Waals surface area contributed by atoms with Gasteiger partial charge in [-0.2, -0.15) is 0 Å². The first-order valence-corrected chi connectivity index (χ1v) is 9.41. The van der Waals surface area contributed by atoms with Gasteiger partial charge in [0.15, 0.2) is 0 Å². The smallest absolute Gasteiger partial charge is 0.274 e. The van der Waals surface area contributed by atoms with E-state index in [1.807, 2.05) is 0 Å². The lowest BCUT2D eigenvalue weighted by molar-refractivity contribution is -0.130. The van der Waals surface area contributed by atoms with Crippen LogP contribution >= 0.6 is 0 Å². The Kier molecular flexibility index (Phi) is 5.16. The molecule has 1 aliphatic carbocycles. The Hall–Kier alpha value is -1.79. The zero-order valence-corrected chi connectivity index (χ0v) is 15.6. The number of amides is 1. The van der Waals surface area contributed by atoms with E-state index in [-0.39, 0.29) is 11.5 Å². The average molecular weight is 379 g/mol. The van der Waals surface area contributed by atoms with Crippen LogP contribution in [-0.4, -0.2) is 34.2 Å². The third kappa shape index (κ3) is 3.78. The van der Waals surface area contributed by atoms with E-state index >= 15 is 0 Å². The minimum Gasteiger partial charge on any atom is -0.390 e. The Bertz CT molecular complexity index is 703. The van der Waals surface area contributed by atoms with Crippen molar-refractivity contribution < 1.29 is 23.8 Å². The zero-order chi connectivity index (χ0) is 19.9. The Morgan fingerprint density at radius 3 is 2.33 bits per heavy atom. The van der Waals surface area contributed by atoms with Gasteiger partial charge in [-0.25, -0.2) is 8.78 Å². The maximum atomic E-state index is 13.3. The third-order valence-corrected chi connectivity index (χ3v) is 6.18. The molecular formula is C21H27F2NO3. The fourth-order valence-electron chi connectivity index (χ4n) is 4.33. The predicted molar refractivity (Wildman–Crippen MR) is 99.7 cm³/mol. The molecule has 0 aromatic heterocycles. The Balaban J connectivity index is 1.71. The van der Waals surface area contributed by atoms with E-state index < -0.39 is 23.0 Å². The van der Waals surface area contributed by atoms with Gasteiger partial charge in [-0.15, -0.1) is 6.58 Å². The van der Waals surface area contributed by atoms with Crippen molar-refractivity contribution in [1.29, 1.82) is 0 Å². The number of aliphatic hydroxyl groups is 2. The number of carbonyl (C=O) groups excluding carboxylic acids is 1. The minimum atomic E-state index is -3.22. The number of carbonyl (C=O) groups is 1. The van der Waals surface area contributed by atoms with Crippen LogP contribution in [0, 0.1) is 5.41 Å². The molecule has 4 nitrogen and oxygen atoms in total. The molecular weight excluding hydrogens is 352 g/mol. The molecule has 27 heavy (non-hydrogen) atoms. The highest BCUT2D eigenvalue weighted by atomic mass is 19.3. The highest BCUT2D eigenvalue weighted by Crippen LogP contribution is 2.49. The molecule has 1 spiro atoms. The van der Waals surface area contributed by atoms with E-state index in [0.29, 0.717) is 51.3 Å². The van der Waals surface area contributed by atoms with Crippen molar-refractivity contribution in [3.8, 4) is 0 Å². The molecule has 3 rings (SSSR count). The molecule has 1 aromatic carbocycles. The maximum absolute atomic E-state index is 13.3. The molecule has 1 saturated carbocycles. The number of hydrogen-bond acceptors (Lipinski definition) is 3. The van der Waals surface area contributed by atoms with Crippen LogP contribution in [0.25, 0.3) is 0 Å². The first kappa shape index (κ1) is 20.0. The number of nitrogens with zero attached hydrogens (tertiary/aromatic N) is 1. The molecule has 1 aromatic rings. The second kappa shape index (κ2) is 6.99. The molecule has 6 heteroatoms. The second-order valence-corrected chi connectivity index (χ2v) is 8.15. The first-order valence-electron chi connectivity index (χ1n) is 9.41. The molecule has 0 bridgehead atoms. The van der Waals surface area contributed by atoms with Gasteiger partial charge in [0.2, 0.25) is 5.91 Å². The fraction of sp³-hybridized carbons (Fsp3) is 0.571. The highest BCUT2D eigenvalue weighted by molar-refractivity contribution is 6.00. The quantitative estimate of drug-likeness (QED) is 0.761. The van der Waals surface area contributed by atoms with Crippen LogP contribution in [0.2, 0.25) is 0 Å². The van der Waals surface area contributed by atoms with Gasteiger partial charge < -0.3 is 15.1 Å². The number of anilines is 1. The lowest BCUT2D eigenvalue weighted by Gasteiger charge is -2.40. The number of hydrogen-bond donors (Lipinski definition) is 2. The average Bonchev–Trinajstić information content (AvgIpc) is 2.94. The van der Waals surface area contributed by atoms with Gasteiger partial charge in [0.25, 0.3) is 5.92 Å². The van der Waals surface area contributed by atoms with E-state index in [1.165, 1.54) is 12.1 Å². The van der Waals surface area contributed by atoms with Crippen LogP contribution in [0.5, 0.6) is 0 Å². The van der Waals surface area contributed by atoms with Crippen molar-refractivity contribution in [3.05, 3.63) is 42.5 Å². The lowest BCUT2D eigenvalue weighted by Crippen LogP contribution is -2.43. The highest BCUT2D eigenvalue weighted by Gasteiger charge is 2.51. The zero-order valence-electron chi connectivity index (χ0n) is 15.6. The predicted octanol–water partition coefficient (Wildman–Crippen LogP) is 3.98. The topological polar surface area (TPSA) is 60.8 Å². The summed E-state index contributed by atoms with van der Waals surface area (Å²) >= 11 is 0. The van der Waals surface area contributed by atoms with E-state index in [4.69, 9.17) is 0 Å². The van der Waals surface area contributed by atoms with Crippen molar-refractivity contribution in [2.75, 3.05) is 11.4 Å². The van der Waals surface area contributed by atoms with E-state index in [2.05, 4.69) is 6.58 Å². The van der Waals surface area contributed by atoms with Gasteiger partial charge in [0.05, 0.1) is 11.0 Å². The minimum absolute atomic E-state index is 0.0391. The summed E-state index contributed by atoms with van der Waals surface area (Å²) in [6, 6.07) is 6.11. The summed E-state index contributed by atoms with van der Waals surface area (Å²) in [6.07, 6.45) is 3.56. The van der Waals surface area contributed by atoms with Crippen LogP contribution < -0.4 is 4.90 Å². The number of alkyl halides is 2. The van der Waals surface area contributed by atoms with Gasteiger partial charge in [-0.1, -0.05) is 18.2 Å². The summed E-state index contributed by atoms with van der Waals surface area (Å²) in [5.74, 6) is -3.18.